The molecule has 2 heterocycles. The number of carbonyl (C=O) groups is 2. The van der Waals surface area contributed by atoms with Crippen molar-refractivity contribution in [2.75, 3.05) is 4.90 Å². The van der Waals surface area contributed by atoms with Crippen LogP contribution in [0.4, 0.5) is 28.0 Å². The summed E-state index contributed by atoms with van der Waals surface area (Å²) in [4.78, 5) is 29.2. The summed E-state index contributed by atoms with van der Waals surface area (Å²) >= 11 is -0.288. The first-order chi connectivity index (χ1) is 12.7. The van der Waals surface area contributed by atoms with Gasteiger partial charge in [-0.1, -0.05) is 6.92 Å². The molecule has 5 nitrogen and oxygen atoms in total. The van der Waals surface area contributed by atoms with Crippen molar-refractivity contribution in [1.29, 1.82) is 0 Å². The molecule has 0 spiro atoms. The van der Waals surface area contributed by atoms with Gasteiger partial charge in [0.1, 0.15) is 6.04 Å². The second kappa shape index (κ2) is 7.18. The summed E-state index contributed by atoms with van der Waals surface area (Å²) in [7, 11) is 0. The van der Waals surface area contributed by atoms with E-state index in [1.54, 1.807) is 13.0 Å². The second-order valence-corrected chi connectivity index (χ2v) is 6.98. The van der Waals surface area contributed by atoms with Gasteiger partial charge >= 0.3 is 11.5 Å². The molecule has 2 atom stereocenters. The number of benzene rings is 1. The summed E-state index contributed by atoms with van der Waals surface area (Å²) < 4.78 is 50.5. The van der Waals surface area contributed by atoms with Crippen LogP contribution in [0.15, 0.2) is 47.5 Å². The molecule has 1 N–H and O–H groups in total. The number of urea groups is 1. The topological polar surface area (TPSA) is 62.3 Å². The van der Waals surface area contributed by atoms with Gasteiger partial charge in [-0.25, -0.2) is 14.7 Å². The van der Waals surface area contributed by atoms with Gasteiger partial charge in [-0.3, -0.25) is 4.79 Å². The normalized spacial score (nSPS) is 18.6. The van der Waals surface area contributed by atoms with Crippen LogP contribution in [-0.4, -0.2) is 28.5 Å². The molecule has 27 heavy (non-hydrogen) atoms. The molecule has 2 aromatic rings. The van der Waals surface area contributed by atoms with Crippen molar-refractivity contribution in [3.63, 3.8) is 0 Å². The van der Waals surface area contributed by atoms with Gasteiger partial charge in [0.25, 0.3) is 5.91 Å². The van der Waals surface area contributed by atoms with E-state index in [-0.39, 0.29) is 22.3 Å². The number of pyridine rings is 1. The first-order valence-corrected chi connectivity index (χ1v) is 8.59. The fraction of sp³-hybridized carbons (Fsp3) is 0.235. The predicted octanol–water partition coefficient (Wildman–Crippen LogP) is 4.06. The molecule has 1 aliphatic heterocycles. The van der Waals surface area contributed by atoms with E-state index < -0.39 is 35.4 Å². The third-order valence-electron chi connectivity index (χ3n) is 4.07. The van der Waals surface area contributed by atoms with E-state index in [9.17, 15) is 27.2 Å². The van der Waals surface area contributed by atoms with Gasteiger partial charge in [-0.2, -0.15) is 17.6 Å². The molecule has 1 fully saturated rings. The Bertz CT molecular complexity index is 873. The number of halogens is 4. The fourth-order valence-corrected chi connectivity index (χ4v) is 3.31. The monoisotopic (exact) mass is 399 g/mol. The fourth-order valence-electron chi connectivity index (χ4n) is 2.77. The first-order valence-electron chi connectivity index (χ1n) is 7.77. The standard InChI is InChI=1S/C17H13F4N3O2S/c1-9(10-6-7-22-13(18)8-10)14-15(25)24(16(26)23-14)11-2-4-12(5-3-11)27-17(19,20)21/h2-9,14H,1H3,(H,23,26). The molecule has 3 amide bonds. The third kappa shape index (κ3) is 4.21. The predicted molar refractivity (Wildman–Crippen MR) is 90.8 cm³/mol. The maximum Gasteiger partial charge on any atom is 0.446 e. The zero-order valence-corrected chi connectivity index (χ0v) is 14.6. The van der Waals surface area contributed by atoms with Crippen LogP contribution in [0.25, 0.3) is 0 Å². The Morgan fingerprint density at radius 2 is 1.85 bits per heavy atom. The molecule has 0 radical (unpaired) electrons. The smallest absolute Gasteiger partial charge is 0.325 e. The molecule has 10 heteroatoms. The molecule has 1 aromatic heterocycles. The molecular formula is C17H13F4N3O2S. The van der Waals surface area contributed by atoms with Gasteiger partial charge in [0.05, 0.1) is 5.69 Å². The number of thioether (sulfide) groups is 1. The highest BCUT2D eigenvalue weighted by atomic mass is 32.2. The number of nitrogens with one attached hydrogen (secondary N) is 1. The number of alkyl halides is 3. The lowest BCUT2D eigenvalue weighted by Crippen LogP contribution is -2.34. The number of nitrogens with zero attached hydrogens (tertiary/aromatic N) is 2. The molecule has 0 bridgehead atoms. The average molecular weight is 399 g/mol. The highest BCUT2D eigenvalue weighted by Gasteiger charge is 2.42. The third-order valence-corrected chi connectivity index (χ3v) is 4.81. The van der Waals surface area contributed by atoms with E-state index in [1.165, 1.54) is 36.5 Å². The summed E-state index contributed by atoms with van der Waals surface area (Å²) in [6.45, 7) is 1.66. The van der Waals surface area contributed by atoms with Crippen LogP contribution in [-0.2, 0) is 4.79 Å². The van der Waals surface area contributed by atoms with Gasteiger partial charge < -0.3 is 5.32 Å². The van der Waals surface area contributed by atoms with Crippen LogP contribution in [0, 0.1) is 5.95 Å². The summed E-state index contributed by atoms with van der Waals surface area (Å²) in [5, 5.41) is 2.53. The summed E-state index contributed by atoms with van der Waals surface area (Å²) in [6.07, 6.45) is 1.26. The molecule has 0 aliphatic carbocycles. The van der Waals surface area contributed by atoms with Gasteiger partial charge in [0, 0.05) is 17.0 Å². The van der Waals surface area contributed by atoms with Crippen molar-refractivity contribution in [2.45, 2.75) is 29.3 Å². The average Bonchev–Trinajstić information content (AvgIpc) is 2.88. The number of carbonyl (C=O) groups excluding carboxylic acids is 2. The van der Waals surface area contributed by atoms with Crippen LogP contribution in [0.2, 0.25) is 0 Å². The molecule has 1 saturated heterocycles. The maximum absolute atomic E-state index is 13.3. The number of aromatic nitrogens is 1. The largest absolute Gasteiger partial charge is 0.446 e. The van der Waals surface area contributed by atoms with Gasteiger partial charge in [0.15, 0.2) is 0 Å². The van der Waals surface area contributed by atoms with Crippen molar-refractivity contribution in [3.05, 3.63) is 54.1 Å². The Morgan fingerprint density at radius 3 is 2.44 bits per heavy atom. The van der Waals surface area contributed by atoms with Crippen LogP contribution < -0.4 is 10.2 Å². The Morgan fingerprint density at radius 1 is 1.19 bits per heavy atom. The molecule has 1 aromatic carbocycles. The first kappa shape index (κ1) is 19.2. The summed E-state index contributed by atoms with van der Waals surface area (Å²) in [5.41, 5.74) is -3.79. The van der Waals surface area contributed by atoms with Crippen molar-refractivity contribution in [1.82, 2.24) is 10.3 Å². The van der Waals surface area contributed by atoms with Crippen LogP contribution in [0.1, 0.15) is 18.4 Å². The van der Waals surface area contributed by atoms with Crippen LogP contribution in [0.3, 0.4) is 0 Å². The lowest BCUT2D eigenvalue weighted by molar-refractivity contribution is -0.118. The van der Waals surface area contributed by atoms with Crippen molar-refractivity contribution < 1.29 is 27.2 Å². The molecule has 3 rings (SSSR count). The minimum Gasteiger partial charge on any atom is -0.325 e. The SMILES string of the molecule is CC(c1ccnc(F)c1)C1NC(=O)N(c2ccc(SC(F)(F)F)cc2)C1=O. The summed E-state index contributed by atoms with van der Waals surface area (Å²) in [6, 6.07) is 6.00. The van der Waals surface area contributed by atoms with E-state index in [0.29, 0.717) is 5.56 Å². The molecule has 0 saturated carbocycles. The Balaban J connectivity index is 1.80. The van der Waals surface area contributed by atoms with E-state index in [4.69, 9.17) is 0 Å². The number of amides is 3. The van der Waals surface area contributed by atoms with E-state index in [2.05, 4.69) is 10.3 Å². The molecular weight excluding hydrogens is 386 g/mol. The minimum absolute atomic E-state index is 0.0597. The lowest BCUT2D eigenvalue weighted by Gasteiger charge is -2.18. The van der Waals surface area contributed by atoms with E-state index >= 15 is 0 Å². The van der Waals surface area contributed by atoms with Crippen LogP contribution in [0.5, 0.6) is 0 Å². The number of rotatable bonds is 4. The zero-order chi connectivity index (χ0) is 19.8. The zero-order valence-electron chi connectivity index (χ0n) is 13.8. The Kier molecular flexibility index (Phi) is 5.09. The highest BCUT2D eigenvalue weighted by molar-refractivity contribution is 8.00. The maximum atomic E-state index is 13.3. The van der Waals surface area contributed by atoms with Crippen molar-refractivity contribution >= 4 is 29.4 Å². The van der Waals surface area contributed by atoms with Gasteiger partial charge in [-0.15, -0.1) is 0 Å². The van der Waals surface area contributed by atoms with E-state index in [1.807, 2.05) is 0 Å². The molecule has 2 unspecified atom stereocenters. The molecule has 1 aliphatic rings. The van der Waals surface area contributed by atoms with Crippen molar-refractivity contribution in [2.24, 2.45) is 0 Å². The van der Waals surface area contributed by atoms with Gasteiger partial charge in [0.2, 0.25) is 5.95 Å². The quantitative estimate of drug-likeness (QED) is 0.365. The molecule has 142 valence electrons. The number of imide groups is 1. The van der Waals surface area contributed by atoms with Crippen molar-refractivity contribution in [3.8, 4) is 0 Å². The second-order valence-electron chi connectivity index (χ2n) is 5.84. The summed E-state index contributed by atoms with van der Waals surface area (Å²) in [5.74, 6) is -1.80. The number of anilines is 1. The van der Waals surface area contributed by atoms with Crippen LogP contribution >= 0.6 is 11.8 Å². The number of hydrogen-bond donors (Lipinski definition) is 1. The van der Waals surface area contributed by atoms with Gasteiger partial charge in [-0.05, 0) is 53.7 Å². The highest BCUT2D eigenvalue weighted by Crippen LogP contribution is 2.37. The Labute approximate surface area is 155 Å². The van der Waals surface area contributed by atoms with E-state index in [0.717, 1.165) is 4.90 Å². The Hall–Kier alpha value is -2.62. The lowest BCUT2D eigenvalue weighted by atomic mass is 9.94. The minimum atomic E-state index is -4.43. The number of hydrogen-bond acceptors (Lipinski definition) is 4.